The maximum atomic E-state index is 13.8. The number of ether oxygens (including phenoxy) is 2. The number of para-hydroxylation sites is 1. The smallest absolute Gasteiger partial charge is 0.271 e. The van der Waals surface area contributed by atoms with Gasteiger partial charge in [-0.05, 0) is 60.5 Å². The van der Waals surface area contributed by atoms with Gasteiger partial charge in [-0.25, -0.2) is 4.99 Å². The number of rotatable bonds is 6. The number of fused-ring (bicyclic) bond motifs is 1. The van der Waals surface area contributed by atoms with Crippen LogP contribution >= 0.6 is 11.3 Å². The maximum Gasteiger partial charge on any atom is 0.271 e. The van der Waals surface area contributed by atoms with Gasteiger partial charge in [0.2, 0.25) is 0 Å². The molecule has 37 heavy (non-hydrogen) atoms. The van der Waals surface area contributed by atoms with Crippen molar-refractivity contribution in [3.63, 3.8) is 0 Å². The Hall–Kier alpha value is -4.43. The summed E-state index contributed by atoms with van der Waals surface area (Å²) in [7, 11) is 3.19. The summed E-state index contributed by atoms with van der Waals surface area (Å²) >= 11 is 1.29. The third kappa shape index (κ3) is 4.83. The lowest BCUT2D eigenvalue weighted by atomic mass is 9.95. The molecule has 1 N–H and O–H groups in total. The lowest BCUT2D eigenvalue weighted by Crippen LogP contribution is -2.40. The van der Waals surface area contributed by atoms with Crippen molar-refractivity contribution >= 4 is 29.0 Å². The lowest BCUT2D eigenvalue weighted by molar-refractivity contribution is -0.113. The van der Waals surface area contributed by atoms with Gasteiger partial charge in [-0.15, -0.1) is 0 Å². The molecule has 1 aliphatic heterocycles. The van der Waals surface area contributed by atoms with Gasteiger partial charge >= 0.3 is 0 Å². The van der Waals surface area contributed by atoms with E-state index in [4.69, 9.17) is 9.47 Å². The van der Waals surface area contributed by atoms with Crippen LogP contribution in [0.5, 0.6) is 11.5 Å². The van der Waals surface area contributed by atoms with E-state index < -0.39 is 6.04 Å². The highest BCUT2D eigenvalue weighted by atomic mass is 32.1. The molecule has 186 valence electrons. The summed E-state index contributed by atoms with van der Waals surface area (Å²) in [6, 6.07) is 23.4. The van der Waals surface area contributed by atoms with Crippen LogP contribution in [-0.4, -0.2) is 24.7 Å². The first-order valence-electron chi connectivity index (χ1n) is 11.7. The minimum absolute atomic E-state index is 0.225. The van der Waals surface area contributed by atoms with E-state index >= 15 is 0 Å². The molecule has 2 heterocycles. The van der Waals surface area contributed by atoms with Crippen LogP contribution in [0.3, 0.4) is 0 Å². The molecule has 1 atom stereocenters. The number of hydrogen-bond acceptors (Lipinski definition) is 6. The number of methoxy groups -OCH3 is 2. The summed E-state index contributed by atoms with van der Waals surface area (Å²) in [6.07, 6.45) is 1.82. The van der Waals surface area contributed by atoms with Gasteiger partial charge in [0.05, 0.1) is 36.1 Å². The van der Waals surface area contributed by atoms with Crippen LogP contribution in [0.25, 0.3) is 6.08 Å². The summed E-state index contributed by atoms with van der Waals surface area (Å²) in [5.74, 6) is 1.02. The van der Waals surface area contributed by atoms with Crippen LogP contribution < -0.4 is 29.7 Å². The number of amides is 1. The molecule has 5 rings (SSSR count). The van der Waals surface area contributed by atoms with Gasteiger partial charge in [-0.1, -0.05) is 53.8 Å². The Morgan fingerprint density at radius 3 is 2.41 bits per heavy atom. The fraction of sp³-hybridized carbons (Fsp3) is 0.138. The Kier molecular flexibility index (Phi) is 6.74. The fourth-order valence-corrected chi connectivity index (χ4v) is 5.39. The van der Waals surface area contributed by atoms with Crippen LogP contribution in [0.2, 0.25) is 0 Å². The SMILES string of the molecule is COc1cccc(C=c2sc3n(c2=O)[C@@H](c2cccc(OC)c2)C(C(=O)Nc2ccccc2)=C(C)N=3)c1. The zero-order chi connectivity index (χ0) is 25.9. The van der Waals surface area contributed by atoms with Crippen molar-refractivity contribution in [2.45, 2.75) is 13.0 Å². The van der Waals surface area contributed by atoms with Gasteiger partial charge in [-0.2, -0.15) is 0 Å². The van der Waals surface area contributed by atoms with Gasteiger partial charge in [-0.3, -0.25) is 14.2 Å². The molecule has 0 aliphatic carbocycles. The van der Waals surface area contributed by atoms with E-state index in [-0.39, 0.29) is 11.5 Å². The summed E-state index contributed by atoms with van der Waals surface area (Å²) < 4.78 is 12.9. The molecule has 1 aliphatic rings. The van der Waals surface area contributed by atoms with Crippen LogP contribution in [0.15, 0.2) is 99.9 Å². The zero-order valence-corrected chi connectivity index (χ0v) is 21.4. The van der Waals surface area contributed by atoms with Crippen molar-refractivity contribution in [2.24, 2.45) is 4.99 Å². The van der Waals surface area contributed by atoms with E-state index in [0.717, 1.165) is 11.1 Å². The molecule has 0 unspecified atom stereocenters. The second kappa shape index (κ2) is 10.3. The summed E-state index contributed by atoms with van der Waals surface area (Å²) in [6.45, 7) is 1.80. The Bertz CT molecular complexity index is 1690. The summed E-state index contributed by atoms with van der Waals surface area (Å²) in [5.41, 5.74) is 2.97. The molecule has 0 bridgehead atoms. The molecule has 0 saturated carbocycles. The van der Waals surface area contributed by atoms with Gasteiger partial charge in [0.1, 0.15) is 11.5 Å². The van der Waals surface area contributed by atoms with E-state index in [0.29, 0.717) is 37.8 Å². The first-order valence-corrected chi connectivity index (χ1v) is 12.5. The van der Waals surface area contributed by atoms with Crippen LogP contribution in [0, 0.1) is 0 Å². The van der Waals surface area contributed by atoms with Gasteiger partial charge in [0, 0.05) is 5.69 Å². The zero-order valence-electron chi connectivity index (χ0n) is 20.6. The number of benzene rings is 3. The first-order chi connectivity index (χ1) is 18.0. The van der Waals surface area contributed by atoms with E-state index in [9.17, 15) is 9.59 Å². The quantitative estimate of drug-likeness (QED) is 0.426. The van der Waals surface area contributed by atoms with E-state index in [1.54, 1.807) is 25.7 Å². The molecule has 0 saturated heterocycles. The number of aromatic nitrogens is 1. The Morgan fingerprint density at radius 2 is 1.68 bits per heavy atom. The molecule has 4 aromatic rings. The topological polar surface area (TPSA) is 81.9 Å². The highest BCUT2D eigenvalue weighted by Crippen LogP contribution is 2.32. The van der Waals surface area contributed by atoms with Gasteiger partial charge < -0.3 is 14.8 Å². The van der Waals surface area contributed by atoms with Crippen LogP contribution in [0.1, 0.15) is 24.1 Å². The molecule has 3 aromatic carbocycles. The van der Waals surface area contributed by atoms with E-state index in [1.165, 1.54) is 11.3 Å². The van der Waals surface area contributed by atoms with Crippen molar-refractivity contribution in [1.29, 1.82) is 0 Å². The number of hydrogen-bond donors (Lipinski definition) is 1. The van der Waals surface area contributed by atoms with Crippen molar-refractivity contribution in [3.8, 4) is 11.5 Å². The summed E-state index contributed by atoms with van der Waals surface area (Å²) in [4.78, 5) is 32.6. The predicted molar refractivity (Wildman–Crippen MR) is 145 cm³/mol. The van der Waals surface area contributed by atoms with Crippen molar-refractivity contribution in [2.75, 3.05) is 19.5 Å². The fourth-order valence-electron chi connectivity index (χ4n) is 4.34. The van der Waals surface area contributed by atoms with Gasteiger partial charge in [0.25, 0.3) is 11.5 Å². The summed E-state index contributed by atoms with van der Waals surface area (Å²) in [5, 5.41) is 2.96. The molecular formula is C29H25N3O4S. The molecule has 1 aromatic heterocycles. The third-order valence-electron chi connectivity index (χ3n) is 6.10. The second-order valence-corrected chi connectivity index (χ2v) is 9.46. The normalized spacial score (nSPS) is 15.1. The minimum Gasteiger partial charge on any atom is -0.497 e. The third-order valence-corrected chi connectivity index (χ3v) is 7.08. The standard InChI is InChI=1S/C29H25N3O4S/c1-18-25(27(33)31-21-11-5-4-6-12-21)26(20-10-8-14-23(17-20)36-3)32-28(34)24(37-29(32)30-18)16-19-9-7-13-22(15-19)35-2/h4-17,26H,1-3H3,(H,31,33)/t26-/m0/s1. The number of anilines is 1. The number of nitrogens with zero attached hydrogens (tertiary/aromatic N) is 2. The number of carbonyl (C=O) groups excluding carboxylic acids is 1. The highest BCUT2D eigenvalue weighted by molar-refractivity contribution is 7.07. The molecule has 8 heteroatoms. The van der Waals surface area contributed by atoms with E-state index in [2.05, 4.69) is 10.3 Å². The Morgan fingerprint density at radius 1 is 0.973 bits per heavy atom. The lowest BCUT2D eigenvalue weighted by Gasteiger charge is -2.25. The van der Waals surface area contributed by atoms with Gasteiger partial charge in [0.15, 0.2) is 4.80 Å². The monoisotopic (exact) mass is 511 g/mol. The molecule has 7 nitrogen and oxygen atoms in total. The predicted octanol–water partition coefficient (Wildman–Crippen LogP) is 3.89. The molecule has 0 fully saturated rings. The van der Waals surface area contributed by atoms with Crippen molar-refractivity contribution < 1.29 is 14.3 Å². The number of thiazole rings is 1. The Labute approximate surface area is 217 Å². The Balaban J connectivity index is 1.68. The average Bonchev–Trinajstić information content (AvgIpc) is 3.22. The van der Waals surface area contributed by atoms with Crippen LogP contribution in [-0.2, 0) is 4.79 Å². The van der Waals surface area contributed by atoms with E-state index in [1.807, 2.05) is 84.9 Å². The second-order valence-electron chi connectivity index (χ2n) is 8.46. The molecule has 0 spiro atoms. The number of allylic oxidation sites excluding steroid dienone is 1. The molecule has 1 amide bonds. The highest BCUT2D eigenvalue weighted by Gasteiger charge is 2.32. The minimum atomic E-state index is -0.678. The average molecular weight is 512 g/mol. The first kappa shape index (κ1) is 24.3. The maximum absolute atomic E-state index is 13.8. The molecular weight excluding hydrogens is 486 g/mol. The largest absolute Gasteiger partial charge is 0.497 e. The number of carbonyl (C=O) groups is 1. The number of nitrogens with one attached hydrogen (secondary N) is 1. The van der Waals surface area contributed by atoms with Crippen molar-refractivity contribution in [3.05, 3.63) is 121 Å². The van der Waals surface area contributed by atoms with Crippen LogP contribution in [0.4, 0.5) is 5.69 Å². The van der Waals surface area contributed by atoms with Crippen molar-refractivity contribution in [1.82, 2.24) is 4.57 Å². The molecule has 0 radical (unpaired) electrons.